The van der Waals surface area contributed by atoms with Crippen LogP contribution in [0.25, 0.3) is 0 Å². The van der Waals surface area contributed by atoms with E-state index in [4.69, 9.17) is 9.05 Å². The number of unbranched alkanes of at least 4 members (excludes halogenated alkanes) is 34. The first-order valence-electron chi connectivity index (χ1n) is 25.4. The zero-order chi connectivity index (χ0) is 42.8. The molecule has 348 valence electrons. The van der Waals surface area contributed by atoms with Crippen LogP contribution in [0.4, 0.5) is 0 Å². The van der Waals surface area contributed by atoms with Crippen LogP contribution in [-0.4, -0.2) is 73.4 Å². The van der Waals surface area contributed by atoms with Gasteiger partial charge in [-0.05, 0) is 12.8 Å². The van der Waals surface area contributed by atoms with Crippen LogP contribution in [0.1, 0.15) is 258 Å². The van der Waals surface area contributed by atoms with Crippen LogP contribution < -0.4 is 5.32 Å². The Hall–Kier alpha value is -0.500. The molecule has 58 heavy (non-hydrogen) atoms. The molecule has 9 heteroatoms. The van der Waals surface area contributed by atoms with Gasteiger partial charge in [0, 0.05) is 6.42 Å². The molecule has 3 N–H and O–H groups in total. The lowest BCUT2D eigenvalue weighted by Gasteiger charge is -2.26. The van der Waals surface area contributed by atoms with E-state index in [1.165, 1.54) is 193 Å². The molecule has 0 aromatic rings. The normalized spacial score (nSPS) is 14.1. The minimum atomic E-state index is -4.31. The van der Waals surface area contributed by atoms with Crippen LogP contribution in [0, 0.1) is 0 Å². The Morgan fingerprint density at radius 3 is 1.16 bits per heavy atom. The zero-order valence-corrected chi connectivity index (χ0v) is 40.5. The molecule has 0 fully saturated rings. The van der Waals surface area contributed by atoms with Gasteiger partial charge in [0.25, 0.3) is 0 Å². The molecule has 0 heterocycles. The van der Waals surface area contributed by atoms with E-state index in [1.54, 1.807) is 0 Å². The lowest BCUT2D eigenvalue weighted by molar-refractivity contribution is -0.870. The van der Waals surface area contributed by atoms with Gasteiger partial charge in [-0.3, -0.25) is 13.8 Å². The first kappa shape index (κ1) is 57.5. The fourth-order valence-electron chi connectivity index (χ4n) is 7.81. The number of phosphoric ester groups is 1. The van der Waals surface area contributed by atoms with Gasteiger partial charge in [0.1, 0.15) is 13.2 Å². The Balaban J connectivity index is 4.14. The Kier molecular flexibility index (Phi) is 41.5. The molecule has 0 saturated heterocycles. The fraction of sp³-hybridized carbons (Fsp3) is 0.980. The molecule has 0 bridgehead atoms. The first-order valence-corrected chi connectivity index (χ1v) is 26.9. The van der Waals surface area contributed by atoms with Crippen LogP contribution in [-0.2, 0) is 18.4 Å². The largest absolute Gasteiger partial charge is 0.472 e. The highest BCUT2D eigenvalue weighted by Crippen LogP contribution is 2.43. The van der Waals surface area contributed by atoms with E-state index in [0.717, 1.165) is 38.5 Å². The van der Waals surface area contributed by atoms with Gasteiger partial charge in [-0.2, -0.15) is 0 Å². The molecular formula is C49H102N2O6P+. The molecule has 0 aliphatic heterocycles. The molecule has 0 aliphatic carbocycles. The molecule has 1 amide bonds. The standard InChI is InChI=1S/C49H101N2O6P/c1-6-8-10-12-14-16-18-20-21-22-23-24-25-26-27-28-29-30-31-32-34-36-38-40-42-48(52)47(46-57-58(54,55)56-45-44-51(3,4)5)50-49(53)43-41-39-37-35-33-19-17-15-13-11-9-7-2/h47-48,52H,6-46H2,1-5H3,(H-,50,53,54,55)/p+1. The van der Waals surface area contributed by atoms with E-state index in [-0.39, 0.29) is 19.1 Å². The van der Waals surface area contributed by atoms with Crippen molar-refractivity contribution >= 4 is 13.7 Å². The van der Waals surface area contributed by atoms with E-state index in [0.29, 0.717) is 23.9 Å². The maximum absolute atomic E-state index is 12.9. The quantitative estimate of drug-likeness (QED) is 0.0320. The smallest absolute Gasteiger partial charge is 0.391 e. The van der Waals surface area contributed by atoms with Crippen LogP contribution >= 0.6 is 7.82 Å². The van der Waals surface area contributed by atoms with E-state index in [2.05, 4.69) is 19.2 Å². The first-order chi connectivity index (χ1) is 28.0. The van der Waals surface area contributed by atoms with E-state index < -0.39 is 20.0 Å². The Labute approximate surface area is 361 Å². The summed E-state index contributed by atoms with van der Waals surface area (Å²) in [6.07, 6.45) is 47.1. The van der Waals surface area contributed by atoms with Crippen LogP contribution in [0.15, 0.2) is 0 Å². The number of nitrogens with one attached hydrogen (secondary N) is 1. The van der Waals surface area contributed by atoms with E-state index >= 15 is 0 Å². The van der Waals surface area contributed by atoms with Gasteiger partial charge in [0.2, 0.25) is 5.91 Å². The van der Waals surface area contributed by atoms with Crippen LogP contribution in [0.5, 0.6) is 0 Å². The number of aliphatic hydroxyl groups excluding tert-OH is 1. The van der Waals surface area contributed by atoms with Gasteiger partial charge in [-0.25, -0.2) is 4.57 Å². The number of aliphatic hydroxyl groups is 1. The molecule has 0 rings (SSSR count). The Morgan fingerprint density at radius 1 is 0.517 bits per heavy atom. The minimum absolute atomic E-state index is 0.0787. The molecule has 0 aliphatic rings. The number of likely N-dealkylation sites (N-methyl/N-ethyl adjacent to an activating group) is 1. The molecule has 0 aromatic carbocycles. The van der Waals surface area contributed by atoms with Gasteiger partial charge in [-0.15, -0.1) is 0 Å². The molecular weight excluding hydrogens is 744 g/mol. The third-order valence-corrected chi connectivity index (χ3v) is 12.8. The number of nitrogens with zero attached hydrogens (tertiary/aromatic N) is 1. The number of hydrogen-bond acceptors (Lipinski definition) is 5. The topological polar surface area (TPSA) is 105 Å². The van der Waals surface area contributed by atoms with Gasteiger partial charge >= 0.3 is 7.82 Å². The molecule has 3 unspecified atom stereocenters. The number of rotatable bonds is 47. The van der Waals surface area contributed by atoms with Crippen molar-refractivity contribution in [3.63, 3.8) is 0 Å². The van der Waals surface area contributed by atoms with Crippen molar-refractivity contribution in [1.82, 2.24) is 5.32 Å². The molecule has 8 nitrogen and oxygen atoms in total. The zero-order valence-electron chi connectivity index (χ0n) is 39.6. The molecule has 0 spiro atoms. The SMILES string of the molecule is CCCCCCCCCCCCCCCCCCCCCCCCCCC(O)C(COP(=O)(O)OCC[N+](C)(C)C)NC(=O)CCCCCCCCCCCCCC. The number of phosphoric acid groups is 1. The van der Waals surface area contributed by atoms with Crippen molar-refractivity contribution in [2.45, 2.75) is 270 Å². The second-order valence-corrected chi connectivity index (χ2v) is 20.4. The van der Waals surface area contributed by atoms with Crippen molar-refractivity contribution < 1.29 is 32.9 Å². The highest BCUT2D eigenvalue weighted by Gasteiger charge is 2.28. The van der Waals surface area contributed by atoms with Gasteiger partial charge in [-0.1, -0.05) is 239 Å². The summed E-state index contributed by atoms with van der Waals surface area (Å²) in [6.45, 7) is 4.92. The van der Waals surface area contributed by atoms with Crippen molar-refractivity contribution in [3.8, 4) is 0 Å². The average molecular weight is 846 g/mol. The highest BCUT2D eigenvalue weighted by atomic mass is 31.2. The maximum Gasteiger partial charge on any atom is 0.472 e. The number of quaternary nitrogens is 1. The summed E-state index contributed by atoms with van der Waals surface area (Å²) < 4.78 is 23.7. The van der Waals surface area contributed by atoms with Gasteiger partial charge < -0.3 is 19.8 Å². The summed E-state index contributed by atoms with van der Waals surface area (Å²) in [6, 6.07) is -0.753. The summed E-state index contributed by atoms with van der Waals surface area (Å²) >= 11 is 0. The van der Waals surface area contributed by atoms with Gasteiger partial charge in [0.05, 0.1) is 39.9 Å². The Morgan fingerprint density at radius 2 is 0.828 bits per heavy atom. The summed E-state index contributed by atoms with van der Waals surface area (Å²) in [5, 5.41) is 14.0. The van der Waals surface area contributed by atoms with Crippen molar-refractivity contribution in [2.24, 2.45) is 0 Å². The van der Waals surface area contributed by atoms with Crippen molar-refractivity contribution in [3.05, 3.63) is 0 Å². The second kappa shape index (κ2) is 41.8. The number of carbonyl (C=O) groups is 1. The third-order valence-electron chi connectivity index (χ3n) is 11.9. The lowest BCUT2D eigenvalue weighted by atomic mass is 10.0. The molecule has 0 radical (unpaired) electrons. The third kappa shape index (κ3) is 43.6. The molecule has 0 saturated carbocycles. The van der Waals surface area contributed by atoms with Crippen LogP contribution in [0.2, 0.25) is 0 Å². The number of amides is 1. The number of carbonyl (C=O) groups excluding carboxylic acids is 1. The fourth-order valence-corrected chi connectivity index (χ4v) is 8.55. The Bertz CT molecular complexity index is 916. The predicted octanol–water partition coefficient (Wildman–Crippen LogP) is 14.5. The minimum Gasteiger partial charge on any atom is -0.391 e. The summed E-state index contributed by atoms with van der Waals surface area (Å²) in [5.74, 6) is -0.141. The van der Waals surface area contributed by atoms with Gasteiger partial charge in [0.15, 0.2) is 0 Å². The predicted molar refractivity (Wildman–Crippen MR) is 249 cm³/mol. The highest BCUT2D eigenvalue weighted by molar-refractivity contribution is 7.47. The summed E-state index contributed by atoms with van der Waals surface area (Å²) in [5.41, 5.74) is 0. The summed E-state index contributed by atoms with van der Waals surface area (Å²) in [7, 11) is 1.63. The number of hydrogen-bond donors (Lipinski definition) is 3. The van der Waals surface area contributed by atoms with Crippen LogP contribution in [0.3, 0.4) is 0 Å². The van der Waals surface area contributed by atoms with E-state index in [9.17, 15) is 19.4 Å². The van der Waals surface area contributed by atoms with Crippen molar-refractivity contribution in [1.29, 1.82) is 0 Å². The van der Waals surface area contributed by atoms with E-state index in [1.807, 2.05) is 21.1 Å². The molecule has 0 aromatic heterocycles. The maximum atomic E-state index is 12.9. The monoisotopic (exact) mass is 846 g/mol. The van der Waals surface area contributed by atoms with Crippen molar-refractivity contribution in [2.75, 3.05) is 40.9 Å². The average Bonchev–Trinajstić information content (AvgIpc) is 3.17. The molecule has 3 atom stereocenters. The summed E-state index contributed by atoms with van der Waals surface area (Å²) in [4.78, 5) is 23.2. The lowest BCUT2D eigenvalue weighted by Crippen LogP contribution is -2.46. The second-order valence-electron chi connectivity index (χ2n) is 18.9.